The van der Waals surface area contributed by atoms with Crippen LogP contribution in [0.4, 0.5) is 0 Å². The Bertz CT molecular complexity index is 571. The van der Waals surface area contributed by atoms with Gasteiger partial charge in [0.2, 0.25) is 5.91 Å². The number of amides is 1. The molecule has 0 saturated carbocycles. The van der Waals surface area contributed by atoms with Crippen LogP contribution in [0.2, 0.25) is 0 Å². The van der Waals surface area contributed by atoms with Crippen molar-refractivity contribution in [3.8, 4) is 0 Å². The highest BCUT2D eigenvalue weighted by Gasteiger charge is 2.21. The molecule has 0 radical (unpaired) electrons. The number of ether oxygens (including phenoxy) is 1. The molecule has 0 unspecified atom stereocenters. The SMILES string of the molecule is COC(=O)[C@H](Cc1cc2ccccc2[nH]1)NC(C)=O. The van der Waals surface area contributed by atoms with Gasteiger partial charge in [-0.3, -0.25) is 4.79 Å². The maximum Gasteiger partial charge on any atom is 0.328 e. The first-order chi connectivity index (χ1) is 9.10. The lowest BCUT2D eigenvalue weighted by molar-refractivity contribution is -0.144. The predicted octanol–water partition coefficient (Wildman–Crippen LogP) is 1.39. The second-order valence-corrected chi connectivity index (χ2v) is 4.36. The molecule has 1 amide bonds. The number of carbonyl (C=O) groups is 2. The Morgan fingerprint density at radius 1 is 1.37 bits per heavy atom. The van der Waals surface area contributed by atoms with Gasteiger partial charge in [0, 0.05) is 24.6 Å². The van der Waals surface area contributed by atoms with Gasteiger partial charge in [-0.05, 0) is 17.5 Å². The lowest BCUT2D eigenvalue weighted by Crippen LogP contribution is -2.42. The number of H-pyrrole nitrogens is 1. The van der Waals surface area contributed by atoms with Crippen LogP contribution < -0.4 is 5.32 Å². The first kappa shape index (κ1) is 13.1. The van der Waals surface area contributed by atoms with Crippen molar-refractivity contribution in [2.75, 3.05) is 7.11 Å². The molecule has 5 heteroatoms. The minimum absolute atomic E-state index is 0.258. The van der Waals surface area contributed by atoms with E-state index in [9.17, 15) is 9.59 Å². The third-order valence-electron chi connectivity index (χ3n) is 2.87. The largest absolute Gasteiger partial charge is 0.467 e. The number of benzene rings is 1. The lowest BCUT2D eigenvalue weighted by Gasteiger charge is -2.14. The summed E-state index contributed by atoms with van der Waals surface area (Å²) in [6.45, 7) is 1.38. The average molecular weight is 260 g/mol. The van der Waals surface area contributed by atoms with Gasteiger partial charge < -0.3 is 15.0 Å². The van der Waals surface area contributed by atoms with E-state index in [2.05, 4.69) is 10.3 Å². The summed E-state index contributed by atoms with van der Waals surface area (Å²) in [4.78, 5) is 25.9. The minimum Gasteiger partial charge on any atom is -0.467 e. The molecule has 0 aliphatic carbocycles. The summed E-state index contributed by atoms with van der Waals surface area (Å²) in [6, 6.07) is 9.13. The fraction of sp³-hybridized carbons (Fsp3) is 0.286. The minimum atomic E-state index is -0.671. The predicted molar refractivity (Wildman–Crippen MR) is 71.6 cm³/mol. The molecule has 0 aliphatic rings. The van der Waals surface area contributed by atoms with Crippen LogP contribution >= 0.6 is 0 Å². The molecule has 2 aromatic rings. The Hall–Kier alpha value is -2.30. The molecule has 1 atom stereocenters. The van der Waals surface area contributed by atoms with Gasteiger partial charge in [0.05, 0.1) is 7.11 Å². The first-order valence-electron chi connectivity index (χ1n) is 6.01. The van der Waals surface area contributed by atoms with E-state index in [4.69, 9.17) is 4.74 Å². The van der Waals surface area contributed by atoms with Crippen molar-refractivity contribution in [3.05, 3.63) is 36.0 Å². The van der Waals surface area contributed by atoms with E-state index in [0.29, 0.717) is 6.42 Å². The molecule has 100 valence electrons. The monoisotopic (exact) mass is 260 g/mol. The Kier molecular flexibility index (Phi) is 3.85. The maximum absolute atomic E-state index is 11.6. The number of carbonyl (C=O) groups excluding carboxylic acids is 2. The highest BCUT2D eigenvalue weighted by molar-refractivity contribution is 5.84. The van der Waals surface area contributed by atoms with Gasteiger partial charge in [-0.15, -0.1) is 0 Å². The average Bonchev–Trinajstić information content (AvgIpc) is 2.78. The fourth-order valence-corrected chi connectivity index (χ4v) is 2.04. The molecule has 5 nitrogen and oxygen atoms in total. The molecular formula is C14H16N2O3. The Labute approximate surface area is 110 Å². The number of rotatable bonds is 4. The van der Waals surface area contributed by atoms with Gasteiger partial charge in [-0.25, -0.2) is 4.79 Å². The number of hydrogen-bond acceptors (Lipinski definition) is 3. The Morgan fingerprint density at radius 3 is 2.74 bits per heavy atom. The van der Waals surface area contributed by atoms with E-state index >= 15 is 0 Å². The van der Waals surface area contributed by atoms with Gasteiger partial charge >= 0.3 is 5.97 Å². The number of para-hydroxylation sites is 1. The summed E-state index contributed by atoms with van der Waals surface area (Å²) in [5.74, 6) is -0.708. The van der Waals surface area contributed by atoms with Gasteiger partial charge in [-0.2, -0.15) is 0 Å². The molecule has 0 spiro atoms. The molecule has 2 N–H and O–H groups in total. The van der Waals surface area contributed by atoms with Gasteiger partial charge in [0.1, 0.15) is 6.04 Å². The second kappa shape index (κ2) is 5.56. The summed E-state index contributed by atoms with van der Waals surface area (Å²) in [5.41, 5.74) is 1.88. The summed E-state index contributed by atoms with van der Waals surface area (Å²) < 4.78 is 4.69. The van der Waals surface area contributed by atoms with Gasteiger partial charge in [0.15, 0.2) is 0 Å². The number of esters is 1. The van der Waals surface area contributed by atoms with Crippen molar-refractivity contribution in [3.63, 3.8) is 0 Å². The van der Waals surface area contributed by atoms with Crippen molar-refractivity contribution in [2.24, 2.45) is 0 Å². The Morgan fingerprint density at radius 2 is 2.11 bits per heavy atom. The molecule has 0 fully saturated rings. The van der Waals surface area contributed by atoms with Gasteiger partial charge in [0.25, 0.3) is 0 Å². The highest BCUT2D eigenvalue weighted by atomic mass is 16.5. The first-order valence-corrected chi connectivity index (χ1v) is 6.01. The zero-order valence-corrected chi connectivity index (χ0v) is 10.9. The molecule has 1 aromatic heterocycles. The van der Waals surface area contributed by atoms with Crippen LogP contribution in [0.5, 0.6) is 0 Å². The van der Waals surface area contributed by atoms with Crippen molar-refractivity contribution >= 4 is 22.8 Å². The van der Waals surface area contributed by atoms with Crippen LogP contribution in [0, 0.1) is 0 Å². The molecule has 1 heterocycles. The normalized spacial score (nSPS) is 12.1. The fourth-order valence-electron chi connectivity index (χ4n) is 2.04. The lowest BCUT2D eigenvalue weighted by atomic mass is 10.1. The highest BCUT2D eigenvalue weighted by Crippen LogP contribution is 2.16. The van der Waals surface area contributed by atoms with Crippen LogP contribution in [0.1, 0.15) is 12.6 Å². The Balaban J connectivity index is 2.20. The van der Waals surface area contributed by atoms with Crippen molar-refractivity contribution in [1.29, 1.82) is 0 Å². The standard InChI is InChI=1S/C14H16N2O3/c1-9(17)15-13(14(18)19-2)8-11-7-10-5-3-4-6-12(10)16-11/h3-7,13,16H,8H2,1-2H3,(H,15,17)/t13-/m0/s1. The number of aromatic amines is 1. The van der Waals surface area contributed by atoms with Crippen LogP contribution in [0.3, 0.4) is 0 Å². The molecular weight excluding hydrogens is 244 g/mol. The molecule has 0 saturated heterocycles. The van der Waals surface area contributed by atoms with Crippen LogP contribution in [-0.2, 0) is 20.7 Å². The van der Waals surface area contributed by atoms with E-state index in [1.165, 1.54) is 14.0 Å². The third-order valence-corrected chi connectivity index (χ3v) is 2.87. The summed E-state index contributed by atoms with van der Waals surface area (Å²) in [7, 11) is 1.31. The zero-order valence-electron chi connectivity index (χ0n) is 10.9. The maximum atomic E-state index is 11.6. The number of methoxy groups -OCH3 is 1. The molecule has 2 rings (SSSR count). The van der Waals surface area contributed by atoms with Crippen LogP contribution in [0.15, 0.2) is 30.3 Å². The molecule has 1 aromatic carbocycles. The van der Waals surface area contributed by atoms with E-state index in [1.807, 2.05) is 30.3 Å². The van der Waals surface area contributed by atoms with Crippen LogP contribution in [-0.4, -0.2) is 30.0 Å². The summed E-state index contributed by atoms with van der Waals surface area (Å²) >= 11 is 0. The van der Waals surface area contributed by atoms with E-state index < -0.39 is 12.0 Å². The van der Waals surface area contributed by atoms with Gasteiger partial charge in [-0.1, -0.05) is 18.2 Å². The van der Waals surface area contributed by atoms with E-state index in [-0.39, 0.29) is 5.91 Å². The smallest absolute Gasteiger partial charge is 0.328 e. The number of aromatic nitrogens is 1. The van der Waals surface area contributed by atoms with E-state index in [1.54, 1.807) is 0 Å². The van der Waals surface area contributed by atoms with Crippen LogP contribution in [0.25, 0.3) is 10.9 Å². The molecule has 0 aliphatic heterocycles. The topological polar surface area (TPSA) is 71.2 Å². The van der Waals surface area contributed by atoms with Crippen molar-refractivity contribution < 1.29 is 14.3 Å². The number of hydrogen-bond donors (Lipinski definition) is 2. The summed E-state index contributed by atoms with van der Waals surface area (Å²) in [6.07, 6.45) is 0.376. The zero-order chi connectivity index (χ0) is 13.8. The number of fused-ring (bicyclic) bond motifs is 1. The number of nitrogens with one attached hydrogen (secondary N) is 2. The third kappa shape index (κ3) is 3.13. The van der Waals surface area contributed by atoms with Crippen molar-refractivity contribution in [1.82, 2.24) is 10.3 Å². The summed E-state index contributed by atoms with van der Waals surface area (Å²) in [5, 5.41) is 3.66. The molecule has 0 bridgehead atoms. The molecule has 19 heavy (non-hydrogen) atoms. The quantitative estimate of drug-likeness (QED) is 0.816. The van der Waals surface area contributed by atoms with Crippen molar-refractivity contribution in [2.45, 2.75) is 19.4 Å². The van der Waals surface area contributed by atoms with E-state index in [0.717, 1.165) is 16.6 Å². The second-order valence-electron chi connectivity index (χ2n) is 4.36.